The smallest absolute Gasteiger partial charge is 0.248 e. The Balaban J connectivity index is 1.83. The topological polar surface area (TPSA) is 101 Å². The number of benzene rings is 2. The molecule has 158 valence electrons. The van der Waals surface area contributed by atoms with E-state index < -0.39 is 5.41 Å². The Morgan fingerprint density at radius 2 is 1.87 bits per heavy atom. The number of anilines is 4. The van der Waals surface area contributed by atoms with Crippen molar-refractivity contribution in [1.82, 2.24) is 0 Å². The highest BCUT2D eigenvalue weighted by molar-refractivity contribution is 6.10. The number of carbonyl (C=O) groups excluding carboxylic acids is 2. The Morgan fingerprint density at radius 3 is 2.57 bits per heavy atom. The van der Waals surface area contributed by atoms with Crippen molar-refractivity contribution >= 4 is 40.6 Å². The normalized spacial score (nSPS) is 14.9. The number of nitrogens with zero attached hydrogens (tertiary/aromatic N) is 1. The number of para-hydroxylation sites is 1. The van der Waals surface area contributed by atoms with Crippen LogP contribution in [0.3, 0.4) is 0 Å². The fourth-order valence-corrected chi connectivity index (χ4v) is 3.74. The first-order valence-corrected chi connectivity index (χ1v) is 10.3. The van der Waals surface area contributed by atoms with Gasteiger partial charge in [0.05, 0.1) is 22.5 Å². The van der Waals surface area contributed by atoms with Gasteiger partial charge in [0.1, 0.15) is 0 Å². The van der Waals surface area contributed by atoms with Crippen LogP contribution < -0.4 is 21.7 Å². The summed E-state index contributed by atoms with van der Waals surface area (Å²) in [6.45, 7) is 6.63. The largest absolute Gasteiger partial charge is 0.398 e. The molecule has 5 N–H and O–H groups in total. The Bertz CT molecular complexity index is 995. The summed E-state index contributed by atoms with van der Waals surface area (Å²) in [5, 5.41) is 2.83. The summed E-state index contributed by atoms with van der Waals surface area (Å²) in [6.07, 6.45) is 6.20. The van der Waals surface area contributed by atoms with Crippen LogP contribution in [-0.2, 0) is 15.0 Å². The minimum atomic E-state index is -0.664. The number of hydrogen-bond donors (Lipinski definition) is 3. The molecule has 0 aromatic heterocycles. The lowest BCUT2D eigenvalue weighted by molar-refractivity contribution is -0.122. The zero-order valence-corrected chi connectivity index (χ0v) is 17.9. The predicted molar refractivity (Wildman–Crippen MR) is 124 cm³/mol. The van der Waals surface area contributed by atoms with Crippen LogP contribution in [0.5, 0.6) is 0 Å². The first kappa shape index (κ1) is 21.4. The number of nitrogen functional groups attached to an aromatic ring is 2. The molecule has 2 amide bonds. The van der Waals surface area contributed by atoms with E-state index in [1.807, 2.05) is 43.0 Å². The van der Waals surface area contributed by atoms with E-state index >= 15 is 0 Å². The highest BCUT2D eigenvalue weighted by Crippen LogP contribution is 2.45. The quantitative estimate of drug-likeness (QED) is 0.362. The zero-order chi connectivity index (χ0) is 21.9. The third kappa shape index (κ3) is 4.17. The number of rotatable bonds is 7. The standard InChI is InChI=1S/C24H30N4O2/c1-4-5-8-13-28-21-15-19(26)20(14-17(21)24(2,3)23(28)30)27-22(29)12-11-16-9-6-7-10-18(16)25/h6-7,9-12,14-15H,4-5,8,13,25-26H2,1-3H3,(H,27,29)/b12-11+. The summed E-state index contributed by atoms with van der Waals surface area (Å²) in [4.78, 5) is 27.3. The molecule has 6 nitrogen and oxygen atoms in total. The average molecular weight is 407 g/mol. The van der Waals surface area contributed by atoms with Crippen LogP contribution in [0, 0.1) is 0 Å². The van der Waals surface area contributed by atoms with Gasteiger partial charge in [0, 0.05) is 18.3 Å². The van der Waals surface area contributed by atoms with Gasteiger partial charge in [-0.1, -0.05) is 38.0 Å². The van der Waals surface area contributed by atoms with E-state index in [0.717, 1.165) is 36.1 Å². The number of unbranched alkanes of at least 4 members (excludes halogenated alkanes) is 2. The van der Waals surface area contributed by atoms with Crippen LogP contribution in [0.25, 0.3) is 6.08 Å². The van der Waals surface area contributed by atoms with Crippen LogP contribution in [0.1, 0.15) is 51.2 Å². The molecule has 0 saturated carbocycles. The maximum Gasteiger partial charge on any atom is 0.248 e. The van der Waals surface area contributed by atoms with Gasteiger partial charge in [-0.05, 0) is 55.7 Å². The van der Waals surface area contributed by atoms with E-state index in [1.54, 1.807) is 18.2 Å². The molecule has 0 radical (unpaired) electrons. The molecule has 1 aliphatic heterocycles. The molecule has 0 atom stereocenters. The summed E-state index contributed by atoms with van der Waals surface area (Å²) < 4.78 is 0. The Labute approximate surface area is 177 Å². The van der Waals surface area contributed by atoms with Gasteiger partial charge in [-0.25, -0.2) is 0 Å². The molecule has 0 unspecified atom stereocenters. The maximum atomic E-state index is 13.0. The lowest BCUT2D eigenvalue weighted by Crippen LogP contribution is -2.36. The van der Waals surface area contributed by atoms with Gasteiger partial charge in [0.2, 0.25) is 11.8 Å². The Kier molecular flexibility index (Phi) is 6.15. The fraction of sp³-hybridized carbons (Fsp3) is 0.333. The number of hydrogen-bond acceptors (Lipinski definition) is 4. The highest BCUT2D eigenvalue weighted by atomic mass is 16.2. The second kappa shape index (κ2) is 8.61. The molecule has 1 heterocycles. The molecule has 3 rings (SSSR count). The molecule has 30 heavy (non-hydrogen) atoms. The summed E-state index contributed by atoms with van der Waals surface area (Å²) in [7, 11) is 0. The van der Waals surface area contributed by atoms with Crippen LogP contribution in [0.15, 0.2) is 42.5 Å². The Morgan fingerprint density at radius 1 is 1.13 bits per heavy atom. The number of carbonyl (C=O) groups is 2. The molecule has 0 bridgehead atoms. The predicted octanol–water partition coefficient (Wildman–Crippen LogP) is 4.32. The van der Waals surface area contributed by atoms with Crippen molar-refractivity contribution in [3.05, 3.63) is 53.6 Å². The van der Waals surface area contributed by atoms with Crippen molar-refractivity contribution in [2.24, 2.45) is 0 Å². The summed E-state index contributed by atoms with van der Waals surface area (Å²) in [5.74, 6) is -0.247. The Hall–Kier alpha value is -3.28. The van der Waals surface area contributed by atoms with Gasteiger partial charge >= 0.3 is 0 Å². The van der Waals surface area contributed by atoms with Crippen LogP contribution >= 0.6 is 0 Å². The minimum Gasteiger partial charge on any atom is -0.398 e. The van der Waals surface area contributed by atoms with Crippen molar-refractivity contribution in [3.63, 3.8) is 0 Å². The molecule has 6 heteroatoms. The molecular formula is C24H30N4O2. The highest BCUT2D eigenvalue weighted by Gasteiger charge is 2.44. The average Bonchev–Trinajstić information content (AvgIpc) is 2.88. The molecule has 0 saturated heterocycles. The molecule has 0 fully saturated rings. The fourth-order valence-electron chi connectivity index (χ4n) is 3.74. The van der Waals surface area contributed by atoms with E-state index in [-0.39, 0.29) is 11.8 Å². The van der Waals surface area contributed by atoms with Gasteiger partial charge in [-0.15, -0.1) is 0 Å². The summed E-state index contributed by atoms with van der Waals surface area (Å²) in [5.41, 5.74) is 15.5. The SMILES string of the molecule is CCCCCN1C(=O)C(C)(C)c2cc(NC(=O)/C=C/c3ccccc3N)c(N)cc21. The van der Waals surface area contributed by atoms with Crippen molar-refractivity contribution in [2.45, 2.75) is 45.4 Å². The van der Waals surface area contributed by atoms with Crippen molar-refractivity contribution in [1.29, 1.82) is 0 Å². The molecule has 0 aliphatic carbocycles. The van der Waals surface area contributed by atoms with Gasteiger partial charge < -0.3 is 21.7 Å². The summed E-state index contributed by atoms with van der Waals surface area (Å²) in [6, 6.07) is 10.9. The van der Waals surface area contributed by atoms with E-state index in [9.17, 15) is 9.59 Å². The van der Waals surface area contributed by atoms with E-state index in [4.69, 9.17) is 11.5 Å². The third-order valence-electron chi connectivity index (χ3n) is 5.57. The number of nitrogens with one attached hydrogen (secondary N) is 1. The van der Waals surface area contributed by atoms with Gasteiger partial charge in [-0.2, -0.15) is 0 Å². The monoisotopic (exact) mass is 406 g/mol. The summed E-state index contributed by atoms with van der Waals surface area (Å²) >= 11 is 0. The van der Waals surface area contributed by atoms with Crippen LogP contribution in [0.2, 0.25) is 0 Å². The first-order valence-electron chi connectivity index (χ1n) is 10.3. The lowest BCUT2D eigenvalue weighted by Gasteiger charge is -2.20. The van der Waals surface area contributed by atoms with Gasteiger partial charge in [0.25, 0.3) is 0 Å². The molecular weight excluding hydrogens is 376 g/mol. The van der Waals surface area contributed by atoms with Crippen molar-refractivity contribution in [2.75, 3.05) is 28.2 Å². The second-order valence-electron chi connectivity index (χ2n) is 8.20. The van der Waals surface area contributed by atoms with Crippen molar-refractivity contribution < 1.29 is 9.59 Å². The third-order valence-corrected chi connectivity index (χ3v) is 5.57. The van der Waals surface area contributed by atoms with Crippen molar-refractivity contribution in [3.8, 4) is 0 Å². The van der Waals surface area contributed by atoms with E-state index in [0.29, 0.717) is 23.6 Å². The van der Waals surface area contributed by atoms with E-state index in [2.05, 4.69) is 12.2 Å². The second-order valence-corrected chi connectivity index (χ2v) is 8.20. The van der Waals surface area contributed by atoms with Crippen LogP contribution in [-0.4, -0.2) is 18.4 Å². The number of fused-ring (bicyclic) bond motifs is 1. The van der Waals surface area contributed by atoms with Gasteiger partial charge in [-0.3, -0.25) is 9.59 Å². The molecule has 1 aliphatic rings. The number of amides is 2. The van der Waals surface area contributed by atoms with Crippen LogP contribution in [0.4, 0.5) is 22.7 Å². The number of nitrogens with two attached hydrogens (primary N) is 2. The molecule has 2 aromatic carbocycles. The van der Waals surface area contributed by atoms with Gasteiger partial charge in [0.15, 0.2) is 0 Å². The zero-order valence-electron chi connectivity index (χ0n) is 17.9. The molecule has 2 aromatic rings. The first-order chi connectivity index (χ1) is 14.3. The molecule has 0 spiro atoms. The minimum absolute atomic E-state index is 0.0657. The van der Waals surface area contributed by atoms with E-state index in [1.165, 1.54) is 6.08 Å². The maximum absolute atomic E-state index is 13.0. The lowest BCUT2D eigenvalue weighted by atomic mass is 9.86.